The first-order valence-electron chi connectivity index (χ1n) is 7.76. The fourth-order valence-electron chi connectivity index (χ4n) is 2.96. The third-order valence-corrected chi connectivity index (χ3v) is 4.02. The molecule has 3 heterocycles. The van der Waals surface area contributed by atoms with E-state index >= 15 is 0 Å². The summed E-state index contributed by atoms with van der Waals surface area (Å²) in [4.78, 5) is 27.0. The molecule has 0 bridgehead atoms. The second-order valence-corrected chi connectivity index (χ2v) is 5.77. The van der Waals surface area contributed by atoms with E-state index in [0.29, 0.717) is 18.6 Å². The highest BCUT2D eigenvalue weighted by Gasteiger charge is 2.17. The Morgan fingerprint density at radius 3 is 2.82 bits per heavy atom. The quantitative estimate of drug-likeness (QED) is 0.935. The van der Waals surface area contributed by atoms with Gasteiger partial charge in [-0.25, -0.2) is 15.0 Å². The summed E-state index contributed by atoms with van der Waals surface area (Å²) in [5, 5.41) is 4.20. The Hall–Kier alpha value is -2.24. The first-order valence-corrected chi connectivity index (χ1v) is 7.76. The van der Waals surface area contributed by atoms with Crippen LogP contribution < -0.4 is 5.32 Å². The highest BCUT2D eigenvalue weighted by atomic mass is 16.2. The number of amides is 1. The van der Waals surface area contributed by atoms with Crippen molar-refractivity contribution < 1.29 is 4.79 Å². The van der Waals surface area contributed by atoms with Gasteiger partial charge in [-0.3, -0.25) is 4.79 Å². The topological polar surface area (TPSA) is 71.0 Å². The molecule has 6 heteroatoms. The van der Waals surface area contributed by atoms with Crippen LogP contribution in [0.3, 0.4) is 0 Å². The number of carbonyl (C=O) groups is 1. The number of hydrogen-bond donors (Lipinski definition) is 1. The zero-order valence-electron chi connectivity index (χ0n) is 13.1. The van der Waals surface area contributed by atoms with Crippen molar-refractivity contribution in [2.45, 2.75) is 33.1 Å². The molecule has 0 radical (unpaired) electrons. The van der Waals surface area contributed by atoms with E-state index in [0.717, 1.165) is 48.4 Å². The molecule has 0 aromatic carbocycles. The van der Waals surface area contributed by atoms with E-state index in [1.165, 1.54) is 6.33 Å². The third kappa shape index (κ3) is 3.00. The number of aromatic nitrogens is 3. The van der Waals surface area contributed by atoms with E-state index in [1.807, 2.05) is 24.8 Å². The molecule has 1 fully saturated rings. The second kappa shape index (κ2) is 6.25. The van der Waals surface area contributed by atoms with E-state index in [4.69, 9.17) is 0 Å². The normalized spacial score (nSPS) is 14.5. The van der Waals surface area contributed by atoms with Crippen LogP contribution in [0.4, 0.5) is 5.82 Å². The number of anilines is 1. The van der Waals surface area contributed by atoms with Gasteiger partial charge in [0.1, 0.15) is 12.1 Å². The Morgan fingerprint density at radius 1 is 1.27 bits per heavy atom. The summed E-state index contributed by atoms with van der Waals surface area (Å²) < 4.78 is 0. The van der Waals surface area contributed by atoms with Gasteiger partial charge in [-0.2, -0.15) is 0 Å². The Balaban J connectivity index is 1.70. The fraction of sp³-hybridized carbons (Fsp3) is 0.500. The lowest BCUT2D eigenvalue weighted by Gasteiger charge is -2.15. The van der Waals surface area contributed by atoms with Crippen molar-refractivity contribution in [3.8, 4) is 0 Å². The molecule has 0 aliphatic carbocycles. The smallest absolute Gasteiger partial charge is 0.224 e. The van der Waals surface area contributed by atoms with Crippen LogP contribution in [0.1, 0.15) is 30.5 Å². The number of fused-ring (bicyclic) bond motifs is 1. The lowest BCUT2D eigenvalue weighted by atomic mass is 10.1. The molecule has 1 aliphatic heterocycles. The molecule has 0 unspecified atom stereocenters. The molecule has 1 amide bonds. The minimum absolute atomic E-state index is 0.217. The van der Waals surface area contributed by atoms with Crippen molar-refractivity contribution in [3.05, 3.63) is 23.7 Å². The van der Waals surface area contributed by atoms with Crippen LogP contribution in [-0.4, -0.2) is 45.4 Å². The van der Waals surface area contributed by atoms with Crippen molar-refractivity contribution in [2.24, 2.45) is 0 Å². The number of rotatable bonds is 4. The Morgan fingerprint density at radius 2 is 2.05 bits per heavy atom. The predicted molar refractivity (Wildman–Crippen MR) is 85.7 cm³/mol. The average Bonchev–Trinajstić information content (AvgIpc) is 3.00. The van der Waals surface area contributed by atoms with Gasteiger partial charge in [-0.05, 0) is 38.3 Å². The second-order valence-electron chi connectivity index (χ2n) is 5.77. The molecule has 0 saturated carbocycles. The van der Waals surface area contributed by atoms with Gasteiger partial charge in [0.05, 0.1) is 5.39 Å². The standard InChI is InChI=1S/C16H21N5O/c1-11-9-12(2)20-16-14(11)15(18-10-19-16)17-6-5-13(22)21-7-3-4-8-21/h9-10H,3-8H2,1-2H3,(H,17,18,19,20). The van der Waals surface area contributed by atoms with Gasteiger partial charge in [-0.15, -0.1) is 0 Å². The van der Waals surface area contributed by atoms with Gasteiger partial charge in [0.15, 0.2) is 5.65 Å². The zero-order chi connectivity index (χ0) is 15.5. The largest absolute Gasteiger partial charge is 0.369 e. The number of aryl methyl sites for hydroxylation is 2. The van der Waals surface area contributed by atoms with E-state index in [9.17, 15) is 4.79 Å². The van der Waals surface area contributed by atoms with Gasteiger partial charge in [0.2, 0.25) is 5.91 Å². The number of pyridine rings is 1. The molecule has 1 saturated heterocycles. The summed E-state index contributed by atoms with van der Waals surface area (Å²) in [5.74, 6) is 0.971. The Labute approximate surface area is 130 Å². The molecule has 2 aromatic rings. The van der Waals surface area contributed by atoms with Gasteiger partial charge < -0.3 is 10.2 Å². The summed E-state index contributed by atoms with van der Waals surface area (Å²) in [6, 6.07) is 2.02. The predicted octanol–water partition coefficient (Wildman–Crippen LogP) is 2.07. The first-order chi connectivity index (χ1) is 10.6. The number of nitrogens with zero attached hydrogens (tertiary/aromatic N) is 4. The van der Waals surface area contributed by atoms with Crippen LogP contribution in [-0.2, 0) is 4.79 Å². The van der Waals surface area contributed by atoms with Crippen molar-refractivity contribution in [1.29, 1.82) is 0 Å². The molecule has 22 heavy (non-hydrogen) atoms. The first kappa shape index (κ1) is 14.7. The van der Waals surface area contributed by atoms with Gasteiger partial charge in [0.25, 0.3) is 0 Å². The SMILES string of the molecule is Cc1cc(C)c2c(NCCC(=O)N3CCCC3)ncnc2n1. The maximum absolute atomic E-state index is 12.1. The molecule has 6 nitrogen and oxygen atoms in total. The zero-order valence-corrected chi connectivity index (χ0v) is 13.1. The molecule has 3 rings (SSSR count). The highest BCUT2D eigenvalue weighted by Crippen LogP contribution is 2.22. The molecule has 116 valence electrons. The summed E-state index contributed by atoms with van der Waals surface area (Å²) in [5.41, 5.74) is 2.73. The number of likely N-dealkylation sites (tertiary alicyclic amines) is 1. The lowest BCUT2D eigenvalue weighted by molar-refractivity contribution is -0.129. The van der Waals surface area contributed by atoms with E-state index in [2.05, 4.69) is 20.3 Å². The van der Waals surface area contributed by atoms with E-state index in [-0.39, 0.29) is 5.91 Å². The van der Waals surface area contributed by atoms with Crippen LogP contribution in [0.5, 0.6) is 0 Å². The van der Waals surface area contributed by atoms with Gasteiger partial charge in [-0.1, -0.05) is 0 Å². The van der Waals surface area contributed by atoms with Crippen LogP contribution >= 0.6 is 0 Å². The van der Waals surface area contributed by atoms with Gasteiger partial charge >= 0.3 is 0 Å². The monoisotopic (exact) mass is 299 g/mol. The van der Waals surface area contributed by atoms with Gasteiger partial charge in [0, 0.05) is 31.7 Å². The maximum atomic E-state index is 12.1. The maximum Gasteiger partial charge on any atom is 0.224 e. The fourth-order valence-corrected chi connectivity index (χ4v) is 2.96. The molecule has 0 spiro atoms. The average molecular weight is 299 g/mol. The Kier molecular flexibility index (Phi) is 4.18. The van der Waals surface area contributed by atoms with Crippen molar-refractivity contribution in [3.63, 3.8) is 0 Å². The minimum atomic E-state index is 0.217. The molecule has 1 N–H and O–H groups in total. The van der Waals surface area contributed by atoms with Crippen molar-refractivity contribution in [2.75, 3.05) is 25.0 Å². The summed E-state index contributed by atoms with van der Waals surface area (Å²) >= 11 is 0. The van der Waals surface area contributed by atoms with Crippen molar-refractivity contribution >= 4 is 22.8 Å². The van der Waals surface area contributed by atoms with Crippen LogP contribution in [0.15, 0.2) is 12.4 Å². The van der Waals surface area contributed by atoms with E-state index < -0.39 is 0 Å². The Bertz CT molecular complexity index is 694. The number of hydrogen-bond acceptors (Lipinski definition) is 5. The van der Waals surface area contributed by atoms with Crippen LogP contribution in [0.25, 0.3) is 11.0 Å². The molecule has 0 atom stereocenters. The summed E-state index contributed by atoms with van der Waals surface area (Å²) in [7, 11) is 0. The summed E-state index contributed by atoms with van der Waals surface area (Å²) in [6.45, 7) is 6.36. The van der Waals surface area contributed by atoms with Crippen LogP contribution in [0.2, 0.25) is 0 Å². The third-order valence-electron chi connectivity index (χ3n) is 4.02. The highest BCUT2D eigenvalue weighted by molar-refractivity contribution is 5.89. The lowest BCUT2D eigenvalue weighted by Crippen LogP contribution is -2.29. The molecular formula is C16H21N5O. The number of nitrogens with one attached hydrogen (secondary N) is 1. The minimum Gasteiger partial charge on any atom is -0.369 e. The number of carbonyl (C=O) groups excluding carboxylic acids is 1. The summed E-state index contributed by atoms with van der Waals surface area (Å²) in [6.07, 6.45) is 4.25. The van der Waals surface area contributed by atoms with E-state index in [1.54, 1.807) is 0 Å². The molecular weight excluding hydrogens is 278 g/mol. The molecule has 2 aromatic heterocycles. The molecule has 1 aliphatic rings. The van der Waals surface area contributed by atoms with Crippen LogP contribution in [0, 0.1) is 13.8 Å². The van der Waals surface area contributed by atoms with Crippen molar-refractivity contribution in [1.82, 2.24) is 19.9 Å².